The molecular weight excluding hydrogens is 258 g/mol. The Morgan fingerprint density at radius 1 is 1.47 bits per heavy atom. The van der Waals surface area contributed by atoms with Gasteiger partial charge in [0.05, 0.1) is 10.2 Å². The number of likely N-dealkylation sites (N-methyl/N-ethyl adjacent to an activating group) is 1. The molecule has 3 nitrogen and oxygen atoms in total. The SMILES string of the molecule is Cc1cc(Br)c2c(c1)N(C)C(=O)C(C)O2. The molecule has 0 aromatic heterocycles. The van der Waals surface area contributed by atoms with Crippen LogP contribution in [-0.4, -0.2) is 19.1 Å². The first kappa shape index (κ1) is 10.5. The molecule has 0 aliphatic carbocycles. The molecule has 1 aliphatic rings. The predicted molar refractivity (Wildman–Crippen MR) is 62.4 cm³/mol. The number of hydrogen-bond donors (Lipinski definition) is 0. The molecule has 80 valence electrons. The highest BCUT2D eigenvalue weighted by molar-refractivity contribution is 9.10. The molecular formula is C11H12BrNO2. The molecule has 1 aliphatic heterocycles. The van der Waals surface area contributed by atoms with Gasteiger partial charge < -0.3 is 9.64 Å². The van der Waals surface area contributed by atoms with Gasteiger partial charge in [0, 0.05) is 7.05 Å². The fraction of sp³-hybridized carbons (Fsp3) is 0.364. The smallest absolute Gasteiger partial charge is 0.267 e. The molecule has 1 aromatic carbocycles. The van der Waals surface area contributed by atoms with Crippen molar-refractivity contribution in [2.75, 3.05) is 11.9 Å². The Bertz CT molecular complexity index is 431. The maximum atomic E-state index is 11.7. The maximum Gasteiger partial charge on any atom is 0.267 e. The second-order valence-corrected chi connectivity index (χ2v) is 4.61. The van der Waals surface area contributed by atoms with E-state index in [1.54, 1.807) is 18.9 Å². The summed E-state index contributed by atoms with van der Waals surface area (Å²) in [5.74, 6) is 0.732. The number of rotatable bonds is 0. The fourth-order valence-electron chi connectivity index (χ4n) is 1.70. The first-order chi connectivity index (χ1) is 7.00. The lowest BCUT2D eigenvalue weighted by Crippen LogP contribution is -2.42. The quantitative estimate of drug-likeness (QED) is 0.725. The zero-order valence-corrected chi connectivity index (χ0v) is 10.5. The van der Waals surface area contributed by atoms with Crippen molar-refractivity contribution in [3.05, 3.63) is 22.2 Å². The molecule has 0 saturated heterocycles. The van der Waals surface area contributed by atoms with Gasteiger partial charge in [-0.25, -0.2) is 0 Å². The first-order valence-corrected chi connectivity index (χ1v) is 5.54. The van der Waals surface area contributed by atoms with Crippen LogP contribution in [0.1, 0.15) is 12.5 Å². The average Bonchev–Trinajstić information content (AvgIpc) is 2.17. The van der Waals surface area contributed by atoms with Crippen LogP contribution in [0.25, 0.3) is 0 Å². The Balaban J connectivity index is 2.60. The Labute approximate surface area is 97.2 Å². The molecule has 0 N–H and O–H groups in total. The molecule has 0 spiro atoms. The zero-order chi connectivity index (χ0) is 11.2. The summed E-state index contributed by atoms with van der Waals surface area (Å²) in [6.45, 7) is 3.75. The highest BCUT2D eigenvalue weighted by Gasteiger charge is 2.30. The number of benzene rings is 1. The minimum absolute atomic E-state index is 0.0139. The number of aryl methyl sites for hydroxylation is 1. The van der Waals surface area contributed by atoms with Gasteiger partial charge in [0.25, 0.3) is 5.91 Å². The average molecular weight is 270 g/mol. The van der Waals surface area contributed by atoms with Crippen LogP contribution in [-0.2, 0) is 4.79 Å². The fourth-order valence-corrected chi connectivity index (χ4v) is 2.35. The molecule has 0 bridgehead atoms. The summed E-state index contributed by atoms with van der Waals surface area (Å²) in [5.41, 5.74) is 1.92. The van der Waals surface area contributed by atoms with Gasteiger partial charge in [0.1, 0.15) is 0 Å². The van der Waals surface area contributed by atoms with Gasteiger partial charge in [-0.15, -0.1) is 0 Å². The van der Waals surface area contributed by atoms with Gasteiger partial charge in [-0.3, -0.25) is 4.79 Å². The third-order valence-electron chi connectivity index (χ3n) is 2.50. The summed E-state index contributed by atoms with van der Waals surface area (Å²) in [7, 11) is 1.77. The van der Waals surface area contributed by atoms with Gasteiger partial charge >= 0.3 is 0 Å². The predicted octanol–water partition coefficient (Wildman–Crippen LogP) is 2.50. The summed E-state index contributed by atoms with van der Waals surface area (Å²) in [6.07, 6.45) is -0.415. The van der Waals surface area contributed by atoms with Crippen molar-refractivity contribution in [3.63, 3.8) is 0 Å². The third-order valence-corrected chi connectivity index (χ3v) is 3.09. The molecule has 0 fully saturated rings. The Morgan fingerprint density at radius 2 is 2.13 bits per heavy atom. The molecule has 2 rings (SSSR count). The zero-order valence-electron chi connectivity index (χ0n) is 8.87. The first-order valence-electron chi connectivity index (χ1n) is 4.75. The van der Waals surface area contributed by atoms with Crippen LogP contribution in [0.3, 0.4) is 0 Å². The molecule has 0 saturated carbocycles. The van der Waals surface area contributed by atoms with Crippen molar-refractivity contribution in [3.8, 4) is 5.75 Å². The maximum absolute atomic E-state index is 11.7. The molecule has 1 atom stereocenters. The third kappa shape index (κ3) is 1.63. The summed E-state index contributed by atoms with van der Waals surface area (Å²) < 4.78 is 6.45. The van der Waals surface area contributed by atoms with Crippen molar-refractivity contribution in [1.82, 2.24) is 0 Å². The van der Waals surface area contributed by atoms with Crippen molar-refractivity contribution >= 4 is 27.5 Å². The van der Waals surface area contributed by atoms with E-state index in [0.717, 1.165) is 21.5 Å². The van der Waals surface area contributed by atoms with Crippen LogP contribution in [0.2, 0.25) is 0 Å². The number of halogens is 1. The van der Waals surface area contributed by atoms with E-state index >= 15 is 0 Å². The molecule has 1 aromatic rings. The summed E-state index contributed by atoms with van der Waals surface area (Å²) >= 11 is 3.44. The number of carbonyl (C=O) groups is 1. The van der Waals surface area contributed by atoms with Crippen molar-refractivity contribution in [2.24, 2.45) is 0 Å². The Hall–Kier alpha value is -1.03. The summed E-state index contributed by atoms with van der Waals surface area (Å²) in [4.78, 5) is 13.3. The van der Waals surface area contributed by atoms with Crippen LogP contribution in [0.15, 0.2) is 16.6 Å². The standard InChI is InChI=1S/C11H12BrNO2/c1-6-4-8(12)10-9(5-6)13(3)11(14)7(2)15-10/h4-5,7H,1-3H3. The van der Waals surface area contributed by atoms with Gasteiger partial charge in [-0.2, -0.15) is 0 Å². The summed E-state index contributed by atoms with van der Waals surface area (Å²) in [5, 5.41) is 0. The summed E-state index contributed by atoms with van der Waals surface area (Å²) in [6, 6.07) is 3.93. The highest BCUT2D eigenvalue weighted by Crippen LogP contribution is 2.40. The van der Waals surface area contributed by atoms with Crippen molar-refractivity contribution in [2.45, 2.75) is 20.0 Å². The van der Waals surface area contributed by atoms with Crippen LogP contribution < -0.4 is 9.64 Å². The molecule has 1 amide bonds. The minimum atomic E-state index is -0.415. The second kappa shape index (κ2) is 3.52. The topological polar surface area (TPSA) is 29.5 Å². The lowest BCUT2D eigenvalue weighted by Gasteiger charge is -2.31. The van der Waals surface area contributed by atoms with Crippen LogP contribution in [0, 0.1) is 6.92 Å². The minimum Gasteiger partial charge on any atom is -0.477 e. The van der Waals surface area contributed by atoms with E-state index in [1.165, 1.54) is 0 Å². The number of hydrogen-bond acceptors (Lipinski definition) is 2. The number of amides is 1. The number of ether oxygens (including phenoxy) is 1. The van der Waals surface area contributed by atoms with E-state index in [2.05, 4.69) is 15.9 Å². The number of fused-ring (bicyclic) bond motifs is 1. The molecule has 4 heteroatoms. The monoisotopic (exact) mass is 269 g/mol. The lowest BCUT2D eigenvalue weighted by molar-refractivity contribution is -0.125. The highest BCUT2D eigenvalue weighted by atomic mass is 79.9. The van der Waals surface area contributed by atoms with E-state index in [9.17, 15) is 4.79 Å². The molecule has 15 heavy (non-hydrogen) atoms. The number of nitrogens with zero attached hydrogens (tertiary/aromatic N) is 1. The molecule has 0 radical (unpaired) electrons. The van der Waals surface area contributed by atoms with Crippen molar-refractivity contribution < 1.29 is 9.53 Å². The number of anilines is 1. The number of carbonyl (C=O) groups excluding carboxylic acids is 1. The Morgan fingerprint density at radius 3 is 2.80 bits per heavy atom. The Kier molecular flexibility index (Phi) is 2.46. The van der Waals surface area contributed by atoms with Gasteiger partial charge in [-0.1, -0.05) is 0 Å². The van der Waals surface area contributed by atoms with Gasteiger partial charge in [0.15, 0.2) is 11.9 Å². The van der Waals surface area contributed by atoms with E-state index in [0.29, 0.717) is 0 Å². The van der Waals surface area contributed by atoms with Gasteiger partial charge in [0.2, 0.25) is 0 Å². The van der Waals surface area contributed by atoms with Gasteiger partial charge in [-0.05, 0) is 47.5 Å². The normalized spacial score (nSPS) is 19.9. The van der Waals surface area contributed by atoms with Crippen LogP contribution in [0.5, 0.6) is 5.75 Å². The molecule has 1 unspecified atom stereocenters. The van der Waals surface area contributed by atoms with E-state index < -0.39 is 6.10 Å². The van der Waals surface area contributed by atoms with Crippen molar-refractivity contribution in [1.29, 1.82) is 0 Å². The van der Waals surface area contributed by atoms with E-state index in [4.69, 9.17) is 4.74 Å². The lowest BCUT2D eigenvalue weighted by atomic mass is 10.1. The molecule has 1 heterocycles. The van der Waals surface area contributed by atoms with E-state index in [-0.39, 0.29) is 5.91 Å². The van der Waals surface area contributed by atoms with Crippen LogP contribution >= 0.6 is 15.9 Å². The van der Waals surface area contributed by atoms with E-state index in [1.807, 2.05) is 19.1 Å². The van der Waals surface area contributed by atoms with Crippen LogP contribution in [0.4, 0.5) is 5.69 Å². The largest absolute Gasteiger partial charge is 0.477 e. The second-order valence-electron chi connectivity index (χ2n) is 3.75.